The average Bonchev–Trinajstić information content (AvgIpc) is 2.33. The maximum atomic E-state index is 13.0. The first-order valence-electron chi connectivity index (χ1n) is 7.11. The summed E-state index contributed by atoms with van der Waals surface area (Å²) in [4.78, 5) is 0.477. The summed E-state index contributed by atoms with van der Waals surface area (Å²) < 4.78 is 13.0. The van der Waals surface area contributed by atoms with E-state index in [2.05, 4.69) is 22.9 Å². The monoisotopic (exact) mass is 314 g/mol. The maximum absolute atomic E-state index is 13.0. The second kappa shape index (κ2) is 9.55. The van der Waals surface area contributed by atoms with E-state index >= 15 is 0 Å². The van der Waals surface area contributed by atoms with Gasteiger partial charge in [0, 0.05) is 4.83 Å². The van der Waals surface area contributed by atoms with Gasteiger partial charge in [0.05, 0.1) is 0 Å². The number of hydrogen-bond acceptors (Lipinski definition) is 0. The molecule has 18 heavy (non-hydrogen) atoms. The fourth-order valence-electron chi connectivity index (χ4n) is 2.17. The highest BCUT2D eigenvalue weighted by molar-refractivity contribution is 9.09. The van der Waals surface area contributed by atoms with Gasteiger partial charge in [0.1, 0.15) is 5.82 Å². The topological polar surface area (TPSA) is 0 Å². The Balaban J connectivity index is 2.12. The lowest BCUT2D eigenvalue weighted by Crippen LogP contribution is -2.03. The Morgan fingerprint density at radius 3 is 2.56 bits per heavy atom. The van der Waals surface area contributed by atoms with Gasteiger partial charge in [-0.2, -0.15) is 0 Å². The second-order valence-electron chi connectivity index (χ2n) is 4.99. The summed E-state index contributed by atoms with van der Waals surface area (Å²) in [6, 6.07) is 6.92. The molecule has 0 amide bonds. The Bertz CT molecular complexity index is 325. The van der Waals surface area contributed by atoms with E-state index in [1.807, 2.05) is 6.07 Å². The molecule has 1 rings (SSSR count). The summed E-state index contributed by atoms with van der Waals surface area (Å²) in [6.07, 6.45) is 10.1. The first kappa shape index (κ1) is 15.7. The van der Waals surface area contributed by atoms with Crippen molar-refractivity contribution in [2.24, 2.45) is 0 Å². The highest BCUT2D eigenvalue weighted by Crippen LogP contribution is 2.18. The van der Waals surface area contributed by atoms with Gasteiger partial charge in [-0.15, -0.1) is 0 Å². The van der Waals surface area contributed by atoms with E-state index in [4.69, 9.17) is 0 Å². The molecule has 0 saturated carbocycles. The third-order valence-corrected chi connectivity index (χ3v) is 4.00. The Morgan fingerprint density at radius 1 is 1.11 bits per heavy atom. The molecule has 0 fully saturated rings. The summed E-state index contributed by atoms with van der Waals surface area (Å²) in [7, 11) is 0. The maximum Gasteiger partial charge on any atom is 0.123 e. The molecule has 0 aromatic heterocycles. The number of hydrogen-bond donors (Lipinski definition) is 0. The van der Waals surface area contributed by atoms with Crippen LogP contribution in [0.4, 0.5) is 4.39 Å². The second-order valence-corrected chi connectivity index (χ2v) is 6.28. The Kier molecular flexibility index (Phi) is 8.32. The number of benzene rings is 1. The molecule has 0 spiro atoms. The fraction of sp³-hybridized carbons (Fsp3) is 0.625. The Morgan fingerprint density at radius 2 is 1.83 bits per heavy atom. The Hall–Kier alpha value is -0.370. The molecule has 0 heterocycles. The third-order valence-electron chi connectivity index (χ3n) is 3.22. The van der Waals surface area contributed by atoms with Crippen LogP contribution in [0.15, 0.2) is 24.3 Å². The predicted octanol–water partition coefficient (Wildman–Crippen LogP) is 5.88. The van der Waals surface area contributed by atoms with Gasteiger partial charge < -0.3 is 0 Å². The van der Waals surface area contributed by atoms with E-state index in [0.29, 0.717) is 4.83 Å². The van der Waals surface area contributed by atoms with Gasteiger partial charge in [-0.1, -0.05) is 73.5 Å². The molecular formula is C16H24BrF. The third kappa shape index (κ3) is 7.15. The average molecular weight is 315 g/mol. The molecule has 0 bridgehead atoms. The molecule has 0 radical (unpaired) electrons. The van der Waals surface area contributed by atoms with E-state index in [0.717, 1.165) is 12.0 Å². The number of alkyl halides is 1. The molecule has 0 aliphatic rings. The molecular weight excluding hydrogens is 291 g/mol. The molecule has 1 aromatic rings. The quantitative estimate of drug-likeness (QED) is 0.394. The van der Waals surface area contributed by atoms with Crippen LogP contribution in [0.1, 0.15) is 57.4 Å². The standard InChI is InChI=1S/C16H24BrF/c1-2-3-4-5-6-7-10-15(17)12-14-9-8-11-16(18)13-14/h8-9,11,13,15H,2-7,10,12H2,1H3. The lowest BCUT2D eigenvalue weighted by Gasteiger charge is -2.09. The zero-order valence-electron chi connectivity index (χ0n) is 11.3. The molecule has 0 N–H and O–H groups in total. The van der Waals surface area contributed by atoms with Crippen molar-refractivity contribution in [3.63, 3.8) is 0 Å². The van der Waals surface area contributed by atoms with Gasteiger partial charge in [-0.25, -0.2) is 4.39 Å². The largest absolute Gasteiger partial charge is 0.207 e. The lowest BCUT2D eigenvalue weighted by atomic mass is 10.0. The van der Waals surface area contributed by atoms with Gasteiger partial charge in [0.15, 0.2) is 0 Å². The van der Waals surface area contributed by atoms with Crippen molar-refractivity contribution in [2.45, 2.75) is 63.1 Å². The van der Waals surface area contributed by atoms with Gasteiger partial charge in [0.2, 0.25) is 0 Å². The summed E-state index contributed by atoms with van der Waals surface area (Å²) in [5.74, 6) is -0.133. The molecule has 0 nitrogen and oxygen atoms in total. The van der Waals surface area contributed by atoms with E-state index < -0.39 is 0 Å². The number of unbranched alkanes of at least 4 members (excludes halogenated alkanes) is 5. The highest BCUT2D eigenvalue weighted by Gasteiger charge is 2.06. The van der Waals surface area contributed by atoms with Crippen molar-refractivity contribution >= 4 is 15.9 Å². The van der Waals surface area contributed by atoms with Crippen LogP contribution in [0.3, 0.4) is 0 Å². The summed E-state index contributed by atoms with van der Waals surface area (Å²) in [6.45, 7) is 2.24. The van der Waals surface area contributed by atoms with Crippen molar-refractivity contribution in [1.29, 1.82) is 0 Å². The molecule has 1 unspecified atom stereocenters. The first-order valence-corrected chi connectivity index (χ1v) is 8.02. The normalized spacial score (nSPS) is 12.6. The lowest BCUT2D eigenvalue weighted by molar-refractivity contribution is 0.581. The summed E-state index contributed by atoms with van der Waals surface area (Å²) in [5, 5.41) is 0. The number of rotatable bonds is 9. The van der Waals surface area contributed by atoms with Crippen molar-refractivity contribution < 1.29 is 4.39 Å². The van der Waals surface area contributed by atoms with E-state index in [1.165, 1.54) is 51.0 Å². The van der Waals surface area contributed by atoms with Crippen LogP contribution >= 0.6 is 15.9 Å². The Labute approximate surface area is 119 Å². The van der Waals surface area contributed by atoms with Gasteiger partial charge in [-0.05, 0) is 30.5 Å². The van der Waals surface area contributed by atoms with Crippen LogP contribution in [0, 0.1) is 5.82 Å². The smallest absolute Gasteiger partial charge is 0.123 e. The molecule has 1 atom stereocenters. The van der Waals surface area contributed by atoms with Crippen molar-refractivity contribution in [2.75, 3.05) is 0 Å². The van der Waals surface area contributed by atoms with Crippen LogP contribution in [-0.2, 0) is 6.42 Å². The van der Waals surface area contributed by atoms with E-state index in [9.17, 15) is 4.39 Å². The minimum atomic E-state index is -0.133. The summed E-state index contributed by atoms with van der Waals surface area (Å²) in [5.41, 5.74) is 1.09. The zero-order valence-corrected chi connectivity index (χ0v) is 12.9. The van der Waals surface area contributed by atoms with Crippen LogP contribution in [-0.4, -0.2) is 4.83 Å². The van der Waals surface area contributed by atoms with Crippen molar-refractivity contribution in [3.8, 4) is 0 Å². The van der Waals surface area contributed by atoms with Gasteiger partial charge in [-0.3, -0.25) is 0 Å². The molecule has 2 heteroatoms. The van der Waals surface area contributed by atoms with E-state index in [-0.39, 0.29) is 5.82 Å². The molecule has 0 aliphatic carbocycles. The number of halogens is 2. The highest BCUT2D eigenvalue weighted by atomic mass is 79.9. The van der Waals surface area contributed by atoms with Crippen molar-refractivity contribution in [1.82, 2.24) is 0 Å². The molecule has 1 aromatic carbocycles. The minimum absolute atomic E-state index is 0.133. The van der Waals surface area contributed by atoms with Gasteiger partial charge >= 0.3 is 0 Å². The molecule has 102 valence electrons. The molecule has 0 aliphatic heterocycles. The zero-order chi connectivity index (χ0) is 13.2. The van der Waals surface area contributed by atoms with E-state index in [1.54, 1.807) is 12.1 Å². The molecule has 0 saturated heterocycles. The fourth-order valence-corrected chi connectivity index (χ4v) is 2.87. The predicted molar refractivity (Wildman–Crippen MR) is 80.8 cm³/mol. The van der Waals surface area contributed by atoms with Crippen molar-refractivity contribution in [3.05, 3.63) is 35.6 Å². The van der Waals surface area contributed by atoms with Crippen LogP contribution < -0.4 is 0 Å². The van der Waals surface area contributed by atoms with Crippen LogP contribution in [0.5, 0.6) is 0 Å². The SMILES string of the molecule is CCCCCCCCC(Br)Cc1cccc(F)c1. The van der Waals surface area contributed by atoms with Crippen LogP contribution in [0.2, 0.25) is 0 Å². The van der Waals surface area contributed by atoms with Gasteiger partial charge in [0.25, 0.3) is 0 Å². The minimum Gasteiger partial charge on any atom is -0.207 e. The summed E-state index contributed by atoms with van der Waals surface area (Å²) >= 11 is 3.70. The van der Waals surface area contributed by atoms with Crippen LogP contribution in [0.25, 0.3) is 0 Å². The first-order chi connectivity index (χ1) is 8.72.